The molecule has 0 aromatic carbocycles. The molecule has 2 saturated carbocycles. The summed E-state index contributed by atoms with van der Waals surface area (Å²) in [6.45, 7) is 4.71. The second-order valence-electron chi connectivity index (χ2n) is 5.87. The molecule has 15 heavy (non-hydrogen) atoms. The maximum absolute atomic E-state index is 9.05. The Hall–Kier alpha value is -0.550. The summed E-state index contributed by atoms with van der Waals surface area (Å²) in [5.41, 5.74) is 0.433. The second kappa shape index (κ2) is 4.14. The van der Waals surface area contributed by atoms with E-state index in [2.05, 4.69) is 25.2 Å². The van der Waals surface area contributed by atoms with Crippen LogP contribution in [0.4, 0.5) is 0 Å². The molecule has 2 aliphatic rings. The van der Waals surface area contributed by atoms with Crippen LogP contribution in [0.15, 0.2) is 0 Å². The molecule has 0 heterocycles. The van der Waals surface area contributed by atoms with Crippen LogP contribution in [-0.2, 0) is 0 Å². The van der Waals surface area contributed by atoms with Crippen LogP contribution in [0.2, 0.25) is 0 Å². The molecule has 0 saturated heterocycles. The highest BCUT2D eigenvalue weighted by atomic mass is 15.0. The summed E-state index contributed by atoms with van der Waals surface area (Å²) in [5, 5.41) is 12.8. The van der Waals surface area contributed by atoms with Crippen molar-refractivity contribution in [3.8, 4) is 6.07 Å². The van der Waals surface area contributed by atoms with Gasteiger partial charge in [0.1, 0.15) is 0 Å². The molecule has 2 nitrogen and oxygen atoms in total. The van der Waals surface area contributed by atoms with Crippen LogP contribution in [0.3, 0.4) is 0 Å². The highest BCUT2D eigenvalue weighted by molar-refractivity contribution is 5.00. The number of hydrogen-bond acceptors (Lipinski definition) is 2. The van der Waals surface area contributed by atoms with Crippen molar-refractivity contribution in [3.63, 3.8) is 0 Å². The smallest absolute Gasteiger partial charge is 0.0672 e. The fraction of sp³-hybridized carbons (Fsp3) is 0.923. The number of rotatable bonds is 2. The van der Waals surface area contributed by atoms with Crippen molar-refractivity contribution >= 4 is 0 Å². The van der Waals surface area contributed by atoms with Crippen molar-refractivity contribution < 1.29 is 0 Å². The van der Waals surface area contributed by atoms with Crippen molar-refractivity contribution in [2.45, 2.75) is 64.5 Å². The first-order valence-electron chi connectivity index (χ1n) is 6.29. The van der Waals surface area contributed by atoms with Crippen molar-refractivity contribution in [1.82, 2.24) is 5.32 Å². The van der Waals surface area contributed by atoms with Crippen molar-refractivity contribution in [3.05, 3.63) is 0 Å². The van der Waals surface area contributed by atoms with E-state index in [-0.39, 0.29) is 5.92 Å². The average molecular weight is 206 g/mol. The van der Waals surface area contributed by atoms with Gasteiger partial charge in [-0.3, -0.25) is 0 Å². The number of nitrogens with zero attached hydrogens (tertiary/aromatic N) is 1. The summed E-state index contributed by atoms with van der Waals surface area (Å²) in [5.74, 6) is 0.265. The van der Waals surface area contributed by atoms with Crippen LogP contribution in [0.5, 0.6) is 0 Å². The zero-order chi connectivity index (χ0) is 10.9. The lowest BCUT2D eigenvalue weighted by molar-refractivity contribution is 0.252. The predicted octanol–water partition coefficient (Wildman–Crippen LogP) is 2.85. The normalized spacial score (nSPS) is 39.1. The standard InChI is InChI=1S/C13H22N2/c1-13(2)8-4-7-12(13)15-11-6-3-5-10(11)9-14/h10-12,15H,3-8H2,1-2H3. The van der Waals surface area contributed by atoms with Crippen molar-refractivity contribution in [2.24, 2.45) is 11.3 Å². The lowest BCUT2D eigenvalue weighted by Crippen LogP contribution is -2.45. The molecular weight excluding hydrogens is 184 g/mol. The van der Waals surface area contributed by atoms with Gasteiger partial charge in [-0.15, -0.1) is 0 Å². The van der Waals surface area contributed by atoms with E-state index in [1.807, 2.05) is 0 Å². The summed E-state index contributed by atoms with van der Waals surface area (Å²) in [4.78, 5) is 0. The highest BCUT2D eigenvalue weighted by Gasteiger charge is 2.38. The molecule has 0 aromatic heterocycles. The molecule has 3 atom stereocenters. The summed E-state index contributed by atoms with van der Waals surface area (Å²) < 4.78 is 0. The van der Waals surface area contributed by atoms with Gasteiger partial charge in [-0.2, -0.15) is 5.26 Å². The van der Waals surface area contributed by atoms with Crippen LogP contribution in [-0.4, -0.2) is 12.1 Å². The van der Waals surface area contributed by atoms with E-state index in [1.165, 1.54) is 32.1 Å². The molecule has 0 spiro atoms. The maximum atomic E-state index is 9.05. The highest BCUT2D eigenvalue weighted by Crippen LogP contribution is 2.38. The third-order valence-corrected chi connectivity index (χ3v) is 4.35. The van der Waals surface area contributed by atoms with Crippen LogP contribution in [0.1, 0.15) is 52.4 Å². The zero-order valence-corrected chi connectivity index (χ0v) is 9.92. The first kappa shape index (κ1) is 11.0. The molecule has 0 radical (unpaired) electrons. The van der Waals surface area contributed by atoms with Gasteiger partial charge in [-0.25, -0.2) is 0 Å². The van der Waals surface area contributed by atoms with Crippen molar-refractivity contribution in [2.75, 3.05) is 0 Å². The number of hydrogen-bond donors (Lipinski definition) is 1. The van der Waals surface area contributed by atoms with Gasteiger partial charge in [0.25, 0.3) is 0 Å². The molecule has 0 aromatic rings. The summed E-state index contributed by atoms with van der Waals surface area (Å²) in [6, 6.07) is 3.56. The minimum atomic E-state index is 0.265. The Morgan fingerprint density at radius 1 is 1.20 bits per heavy atom. The Bertz CT molecular complexity index is 264. The predicted molar refractivity (Wildman–Crippen MR) is 61.3 cm³/mol. The molecule has 3 unspecified atom stereocenters. The first-order chi connectivity index (χ1) is 7.13. The third-order valence-electron chi connectivity index (χ3n) is 4.35. The SMILES string of the molecule is CC1(C)CCCC1NC1CCCC1C#N. The molecule has 1 N–H and O–H groups in total. The van der Waals surface area contributed by atoms with Gasteiger partial charge in [0.15, 0.2) is 0 Å². The van der Waals surface area contributed by atoms with Gasteiger partial charge in [-0.1, -0.05) is 26.7 Å². The molecule has 0 bridgehead atoms. The lowest BCUT2D eigenvalue weighted by atomic mass is 9.86. The van der Waals surface area contributed by atoms with Gasteiger partial charge in [0.2, 0.25) is 0 Å². The Labute approximate surface area is 93.0 Å². The molecule has 2 rings (SSSR count). The zero-order valence-electron chi connectivity index (χ0n) is 9.92. The molecule has 2 fully saturated rings. The molecule has 2 heteroatoms. The minimum Gasteiger partial charge on any atom is -0.309 e. The van der Waals surface area contributed by atoms with E-state index in [0.29, 0.717) is 17.5 Å². The van der Waals surface area contributed by atoms with Crippen LogP contribution >= 0.6 is 0 Å². The number of nitriles is 1. The fourth-order valence-electron chi connectivity index (χ4n) is 3.21. The van der Waals surface area contributed by atoms with Gasteiger partial charge >= 0.3 is 0 Å². The van der Waals surface area contributed by atoms with Gasteiger partial charge in [0, 0.05) is 12.1 Å². The van der Waals surface area contributed by atoms with Gasteiger partial charge in [0.05, 0.1) is 12.0 Å². The summed E-state index contributed by atoms with van der Waals surface area (Å²) in [6.07, 6.45) is 7.49. The van der Waals surface area contributed by atoms with Crippen LogP contribution in [0, 0.1) is 22.7 Å². The minimum absolute atomic E-state index is 0.265. The van der Waals surface area contributed by atoms with E-state index in [9.17, 15) is 0 Å². The molecular formula is C13H22N2. The van der Waals surface area contributed by atoms with Gasteiger partial charge < -0.3 is 5.32 Å². The van der Waals surface area contributed by atoms with Crippen LogP contribution < -0.4 is 5.32 Å². The van der Waals surface area contributed by atoms with Crippen molar-refractivity contribution in [1.29, 1.82) is 5.26 Å². The Morgan fingerprint density at radius 3 is 2.60 bits per heavy atom. The largest absolute Gasteiger partial charge is 0.309 e. The van der Waals surface area contributed by atoms with E-state index in [1.54, 1.807) is 0 Å². The second-order valence-corrected chi connectivity index (χ2v) is 5.87. The van der Waals surface area contributed by atoms with E-state index < -0.39 is 0 Å². The Kier molecular flexibility index (Phi) is 3.02. The van der Waals surface area contributed by atoms with E-state index >= 15 is 0 Å². The van der Waals surface area contributed by atoms with E-state index in [0.717, 1.165) is 6.42 Å². The maximum Gasteiger partial charge on any atom is 0.0672 e. The number of nitrogens with one attached hydrogen (secondary N) is 1. The quantitative estimate of drug-likeness (QED) is 0.754. The molecule has 0 amide bonds. The van der Waals surface area contributed by atoms with Gasteiger partial charge in [-0.05, 0) is 31.1 Å². The molecule has 0 aliphatic heterocycles. The lowest BCUT2D eigenvalue weighted by Gasteiger charge is -2.31. The van der Waals surface area contributed by atoms with Crippen LogP contribution in [0.25, 0.3) is 0 Å². The summed E-state index contributed by atoms with van der Waals surface area (Å²) in [7, 11) is 0. The van der Waals surface area contributed by atoms with E-state index in [4.69, 9.17) is 5.26 Å². The molecule has 2 aliphatic carbocycles. The molecule has 84 valence electrons. The average Bonchev–Trinajstić information content (AvgIpc) is 2.74. The topological polar surface area (TPSA) is 35.8 Å². The first-order valence-corrected chi connectivity index (χ1v) is 6.29. The Morgan fingerprint density at radius 2 is 2.00 bits per heavy atom. The monoisotopic (exact) mass is 206 g/mol. The fourth-order valence-corrected chi connectivity index (χ4v) is 3.21. The third kappa shape index (κ3) is 2.18. The Balaban J connectivity index is 1.94. The summed E-state index contributed by atoms with van der Waals surface area (Å²) >= 11 is 0.